The van der Waals surface area contributed by atoms with Gasteiger partial charge < -0.3 is 5.11 Å². The van der Waals surface area contributed by atoms with E-state index in [1.54, 1.807) is 6.07 Å². The third-order valence-corrected chi connectivity index (χ3v) is 3.67. The molecule has 0 aliphatic heterocycles. The zero-order chi connectivity index (χ0) is 14.7. The van der Waals surface area contributed by atoms with Gasteiger partial charge in [-0.05, 0) is 24.6 Å². The molecule has 106 valence electrons. The second-order valence-electron chi connectivity index (χ2n) is 4.69. The van der Waals surface area contributed by atoms with Gasteiger partial charge in [0, 0.05) is 21.8 Å². The van der Waals surface area contributed by atoms with Crippen molar-refractivity contribution in [1.29, 1.82) is 0 Å². The number of pyridine rings is 1. The lowest BCUT2D eigenvalue weighted by molar-refractivity contribution is -0.385. The van der Waals surface area contributed by atoms with Crippen LogP contribution in [0.25, 0.3) is 10.9 Å². The van der Waals surface area contributed by atoms with Crippen LogP contribution in [0.5, 0.6) is 0 Å². The Morgan fingerprint density at radius 2 is 2.25 bits per heavy atom. The van der Waals surface area contributed by atoms with Crippen LogP contribution in [0.1, 0.15) is 25.3 Å². The Bertz CT molecular complexity index is 646. The quantitative estimate of drug-likeness (QED) is 0.667. The summed E-state index contributed by atoms with van der Waals surface area (Å²) in [7, 11) is 0. The lowest BCUT2D eigenvalue weighted by Crippen LogP contribution is -2.12. The first kappa shape index (κ1) is 14.9. The van der Waals surface area contributed by atoms with E-state index in [0.717, 1.165) is 10.9 Å². The van der Waals surface area contributed by atoms with Crippen molar-refractivity contribution in [2.45, 2.75) is 32.3 Å². The van der Waals surface area contributed by atoms with Crippen LogP contribution in [0, 0.1) is 10.1 Å². The van der Waals surface area contributed by atoms with Gasteiger partial charge >= 0.3 is 0 Å². The molecule has 0 bridgehead atoms. The topological polar surface area (TPSA) is 76.3 Å². The van der Waals surface area contributed by atoms with Gasteiger partial charge in [-0.25, -0.2) is 4.98 Å². The fourth-order valence-electron chi connectivity index (χ4n) is 2.25. The largest absolute Gasteiger partial charge is 0.393 e. The number of rotatable bonds is 5. The van der Waals surface area contributed by atoms with Crippen molar-refractivity contribution in [2.75, 3.05) is 0 Å². The fraction of sp³-hybridized carbons (Fsp3) is 0.357. The second-order valence-corrected chi connectivity index (χ2v) is 5.60. The first-order chi connectivity index (χ1) is 9.52. The molecule has 0 amide bonds. The van der Waals surface area contributed by atoms with Crippen molar-refractivity contribution in [3.05, 3.63) is 44.5 Å². The second kappa shape index (κ2) is 6.28. The summed E-state index contributed by atoms with van der Waals surface area (Å²) >= 11 is 3.37. The molecular weight excluding hydrogens is 324 g/mol. The summed E-state index contributed by atoms with van der Waals surface area (Å²) in [6.45, 7) is 1.97. The number of aromatic nitrogens is 1. The minimum Gasteiger partial charge on any atom is -0.393 e. The molecule has 0 spiro atoms. The Balaban J connectivity index is 2.58. The summed E-state index contributed by atoms with van der Waals surface area (Å²) in [5, 5.41) is 21.9. The Morgan fingerprint density at radius 1 is 1.50 bits per heavy atom. The maximum absolute atomic E-state index is 11.2. The monoisotopic (exact) mass is 338 g/mol. The molecule has 1 aromatic heterocycles. The third-order valence-electron chi connectivity index (χ3n) is 3.18. The van der Waals surface area contributed by atoms with Crippen LogP contribution in [-0.2, 0) is 6.42 Å². The lowest BCUT2D eigenvalue weighted by Gasteiger charge is -2.12. The Morgan fingerprint density at radius 3 is 2.90 bits per heavy atom. The van der Waals surface area contributed by atoms with Crippen LogP contribution in [0.3, 0.4) is 0 Å². The number of hydrogen-bond acceptors (Lipinski definition) is 4. The Hall–Kier alpha value is -1.53. The maximum atomic E-state index is 11.2. The Labute approximate surface area is 124 Å². The van der Waals surface area contributed by atoms with Crippen molar-refractivity contribution in [1.82, 2.24) is 4.98 Å². The van der Waals surface area contributed by atoms with E-state index in [-0.39, 0.29) is 12.1 Å². The highest BCUT2D eigenvalue weighted by atomic mass is 79.9. The van der Waals surface area contributed by atoms with Crippen molar-refractivity contribution >= 4 is 32.5 Å². The summed E-state index contributed by atoms with van der Waals surface area (Å²) in [6, 6.07) is 5.45. The van der Waals surface area contributed by atoms with E-state index in [1.165, 1.54) is 6.20 Å². The van der Waals surface area contributed by atoms with Crippen molar-refractivity contribution in [3.8, 4) is 0 Å². The first-order valence-corrected chi connectivity index (χ1v) is 7.21. The molecule has 1 atom stereocenters. The van der Waals surface area contributed by atoms with Crippen molar-refractivity contribution in [2.24, 2.45) is 0 Å². The van der Waals surface area contributed by atoms with Gasteiger partial charge in [0.15, 0.2) is 0 Å². The van der Waals surface area contributed by atoms with E-state index < -0.39 is 11.0 Å². The molecule has 20 heavy (non-hydrogen) atoms. The van der Waals surface area contributed by atoms with Gasteiger partial charge in [-0.1, -0.05) is 29.3 Å². The molecular formula is C14H15BrN2O3. The summed E-state index contributed by atoms with van der Waals surface area (Å²) < 4.78 is 0.832. The zero-order valence-electron chi connectivity index (χ0n) is 11.0. The standard InChI is InChI=1S/C14H15BrN2O3/c1-2-3-10(18)7-12-11-6-9(15)4-5-13(11)16-8-14(12)17(19)20/h4-6,8,10,18H,2-3,7H2,1H3. The van der Waals surface area contributed by atoms with E-state index in [9.17, 15) is 15.2 Å². The number of hydrogen-bond donors (Lipinski definition) is 1. The average molecular weight is 339 g/mol. The molecule has 6 heteroatoms. The first-order valence-electron chi connectivity index (χ1n) is 6.42. The number of aliphatic hydroxyl groups excluding tert-OH is 1. The number of nitro groups is 1. The van der Waals surface area contributed by atoms with Crippen LogP contribution in [0.15, 0.2) is 28.9 Å². The van der Waals surface area contributed by atoms with Gasteiger partial charge in [-0.15, -0.1) is 0 Å². The number of nitrogens with zero attached hydrogens (tertiary/aromatic N) is 2. The van der Waals surface area contributed by atoms with Gasteiger partial charge in [-0.2, -0.15) is 0 Å². The average Bonchev–Trinajstić information content (AvgIpc) is 2.39. The molecule has 0 aliphatic carbocycles. The van der Waals surface area contributed by atoms with Crippen molar-refractivity contribution in [3.63, 3.8) is 0 Å². The predicted molar refractivity (Wildman–Crippen MR) is 80.7 cm³/mol. The lowest BCUT2D eigenvalue weighted by atomic mass is 9.99. The zero-order valence-corrected chi connectivity index (χ0v) is 12.6. The molecule has 0 aliphatic rings. The van der Waals surface area contributed by atoms with Gasteiger partial charge in [0.25, 0.3) is 5.69 Å². The summed E-state index contributed by atoms with van der Waals surface area (Å²) in [5.74, 6) is 0. The fourth-order valence-corrected chi connectivity index (χ4v) is 2.61. The van der Waals surface area contributed by atoms with E-state index in [0.29, 0.717) is 22.9 Å². The number of fused-ring (bicyclic) bond motifs is 1. The van der Waals surface area contributed by atoms with Crippen LogP contribution < -0.4 is 0 Å². The molecule has 5 nitrogen and oxygen atoms in total. The van der Waals surface area contributed by atoms with Gasteiger partial charge in [0.1, 0.15) is 6.20 Å². The van der Waals surface area contributed by atoms with E-state index in [1.807, 2.05) is 19.1 Å². The van der Waals surface area contributed by atoms with E-state index >= 15 is 0 Å². The normalized spacial score (nSPS) is 12.6. The summed E-state index contributed by atoms with van der Waals surface area (Å²) in [6.07, 6.45) is 2.41. The van der Waals surface area contributed by atoms with Crippen LogP contribution in [-0.4, -0.2) is 21.1 Å². The van der Waals surface area contributed by atoms with Crippen LogP contribution >= 0.6 is 15.9 Å². The highest BCUT2D eigenvalue weighted by Gasteiger charge is 2.20. The maximum Gasteiger partial charge on any atom is 0.291 e. The molecule has 1 aromatic carbocycles. The predicted octanol–water partition coefficient (Wildman–Crippen LogP) is 3.61. The van der Waals surface area contributed by atoms with E-state index in [2.05, 4.69) is 20.9 Å². The molecule has 0 saturated carbocycles. The smallest absolute Gasteiger partial charge is 0.291 e. The van der Waals surface area contributed by atoms with Crippen LogP contribution in [0.2, 0.25) is 0 Å². The molecule has 1 N–H and O–H groups in total. The molecule has 0 saturated heterocycles. The van der Waals surface area contributed by atoms with Gasteiger partial charge in [0.2, 0.25) is 0 Å². The van der Waals surface area contributed by atoms with Crippen LogP contribution in [0.4, 0.5) is 5.69 Å². The van der Waals surface area contributed by atoms with Gasteiger partial charge in [0.05, 0.1) is 16.5 Å². The summed E-state index contributed by atoms with van der Waals surface area (Å²) in [4.78, 5) is 14.8. The molecule has 2 rings (SSSR count). The molecule has 2 aromatic rings. The molecule has 0 radical (unpaired) electrons. The summed E-state index contributed by atoms with van der Waals surface area (Å²) in [5.41, 5.74) is 1.20. The highest BCUT2D eigenvalue weighted by molar-refractivity contribution is 9.10. The highest BCUT2D eigenvalue weighted by Crippen LogP contribution is 2.29. The van der Waals surface area contributed by atoms with Gasteiger partial charge in [-0.3, -0.25) is 10.1 Å². The molecule has 1 heterocycles. The molecule has 0 fully saturated rings. The minimum absolute atomic E-state index is 0.0363. The Kier molecular flexibility index (Phi) is 4.67. The van der Waals surface area contributed by atoms with Crippen molar-refractivity contribution < 1.29 is 10.0 Å². The number of benzene rings is 1. The number of aliphatic hydroxyl groups is 1. The third kappa shape index (κ3) is 3.13. The minimum atomic E-state index is -0.580. The molecule has 1 unspecified atom stereocenters. The number of halogens is 1. The SMILES string of the molecule is CCCC(O)Cc1c([N+](=O)[O-])cnc2ccc(Br)cc12. The van der Waals surface area contributed by atoms with E-state index in [4.69, 9.17) is 0 Å².